The molecule has 8 heteroatoms. The van der Waals surface area contributed by atoms with Gasteiger partial charge in [0.1, 0.15) is 5.82 Å². The van der Waals surface area contributed by atoms with Crippen LogP contribution in [-0.4, -0.2) is 25.0 Å². The fraction of sp³-hybridized carbons (Fsp3) is 0.130. The topological polar surface area (TPSA) is 76.7 Å². The maximum atomic E-state index is 13.3. The van der Waals surface area contributed by atoms with Crippen molar-refractivity contribution in [2.75, 3.05) is 17.7 Å². The molecule has 0 aliphatic carbocycles. The largest absolute Gasteiger partial charge is 0.493 e. The van der Waals surface area contributed by atoms with Crippen molar-refractivity contribution in [3.63, 3.8) is 0 Å². The summed E-state index contributed by atoms with van der Waals surface area (Å²) in [5.74, 6) is -0.444. The number of methoxy groups -OCH3 is 1. The van der Waals surface area contributed by atoms with E-state index in [0.717, 1.165) is 6.07 Å². The van der Waals surface area contributed by atoms with Crippen molar-refractivity contribution in [1.82, 2.24) is 0 Å². The lowest BCUT2D eigenvalue weighted by molar-refractivity contribution is -0.122. The number of halogens is 2. The number of rotatable bonds is 7. The number of carbonyl (C=O) groups excluding carboxylic acids is 2. The molecule has 3 aromatic carbocycles. The van der Waals surface area contributed by atoms with Gasteiger partial charge in [0.15, 0.2) is 17.6 Å². The summed E-state index contributed by atoms with van der Waals surface area (Å²) in [7, 11) is 1.52. The minimum atomic E-state index is -0.810. The van der Waals surface area contributed by atoms with Gasteiger partial charge in [-0.05, 0) is 55.5 Å². The summed E-state index contributed by atoms with van der Waals surface area (Å²) in [4.78, 5) is 25.0. The minimum Gasteiger partial charge on any atom is -0.493 e. The molecule has 160 valence electrons. The van der Waals surface area contributed by atoms with Crippen LogP contribution in [0.25, 0.3) is 0 Å². The van der Waals surface area contributed by atoms with Gasteiger partial charge in [-0.1, -0.05) is 29.8 Å². The third kappa shape index (κ3) is 5.73. The van der Waals surface area contributed by atoms with Gasteiger partial charge in [-0.2, -0.15) is 0 Å². The number of hydrogen-bond donors (Lipinski definition) is 2. The zero-order valence-corrected chi connectivity index (χ0v) is 17.6. The van der Waals surface area contributed by atoms with Crippen LogP contribution in [0.2, 0.25) is 5.02 Å². The Kier molecular flexibility index (Phi) is 7.10. The summed E-state index contributed by atoms with van der Waals surface area (Å²) in [6.45, 7) is 1.61. The van der Waals surface area contributed by atoms with Crippen molar-refractivity contribution in [2.24, 2.45) is 0 Å². The van der Waals surface area contributed by atoms with Crippen LogP contribution in [0.5, 0.6) is 11.5 Å². The van der Waals surface area contributed by atoms with E-state index in [1.165, 1.54) is 25.3 Å². The van der Waals surface area contributed by atoms with Crippen molar-refractivity contribution < 1.29 is 23.5 Å². The van der Waals surface area contributed by atoms with Crippen LogP contribution in [0.1, 0.15) is 17.3 Å². The first-order valence-corrected chi connectivity index (χ1v) is 9.72. The van der Waals surface area contributed by atoms with Gasteiger partial charge in [0.25, 0.3) is 11.8 Å². The standard InChI is InChI=1S/C23H20ClFN2O4/c1-14(31-21-9-4-3-8-20(21)30-2)22(28)26-16-7-5-6-15(12-16)23(29)27-17-10-11-19(25)18(24)13-17/h3-14H,1-2H3,(H,26,28)(H,27,29). The Balaban J connectivity index is 1.65. The first-order valence-electron chi connectivity index (χ1n) is 9.34. The number of hydrogen-bond acceptors (Lipinski definition) is 4. The third-order valence-corrected chi connectivity index (χ3v) is 4.60. The molecule has 2 N–H and O–H groups in total. The van der Waals surface area contributed by atoms with E-state index in [2.05, 4.69) is 10.6 Å². The summed E-state index contributed by atoms with van der Waals surface area (Å²) < 4.78 is 24.2. The van der Waals surface area contributed by atoms with Gasteiger partial charge in [-0.15, -0.1) is 0 Å². The van der Waals surface area contributed by atoms with Crippen molar-refractivity contribution in [2.45, 2.75) is 13.0 Å². The first kappa shape index (κ1) is 22.1. The predicted molar refractivity (Wildman–Crippen MR) is 118 cm³/mol. The van der Waals surface area contributed by atoms with E-state index in [1.54, 1.807) is 49.4 Å². The molecule has 0 spiro atoms. The Morgan fingerprint density at radius 3 is 2.35 bits per heavy atom. The molecule has 1 unspecified atom stereocenters. The Labute approximate surface area is 183 Å². The number of anilines is 2. The molecule has 0 aromatic heterocycles. The molecular weight excluding hydrogens is 423 g/mol. The van der Waals surface area contributed by atoms with Crippen LogP contribution >= 0.6 is 11.6 Å². The summed E-state index contributed by atoms with van der Waals surface area (Å²) in [6.07, 6.45) is -0.810. The molecule has 1 atom stereocenters. The van der Waals surface area contributed by atoms with Gasteiger partial charge in [-0.3, -0.25) is 9.59 Å². The lowest BCUT2D eigenvalue weighted by Gasteiger charge is -2.17. The van der Waals surface area contributed by atoms with Gasteiger partial charge in [0, 0.05) is 16.9 Å². The van der Waals surface area contributed by atoms with E-state index in [9.17, 15) is 14.0 Å². The van der Waals surface area contributed by atoms with Crippen LogP contribution < -0.4 is 20.1 Å². The number of carbonyl (C=O) groups is 2. The number of para-hydroxylation sites is 2. The molecule has 0 aliphatic heterocycles. The SMILES string of the molecule is COc1ccccc1OC(C)C(=O)Nc1cccc(C(=O)Nc2ccc(F)c(Cl)c2)c1. The average molecular weight is 443 g/mol. The third-order valence-electron chi connectivity index (χ3n) is 4.31. The second kappa shape index (κ2) is 9.95. The van der Waals surface area contributed by atoms with E-state index in [0.29, 0.717) is 28.4 Å². The quantitative estimate of drug-likeness (QED) is 0.530. The van der Waals surface area contributed by atoms with Crippen molar-refractivity contribution in [3.8, 4) is 11.5 Å². The number of ether oxygens (including phenoxy) is 2. The Bertz CT molecular complexity index is 1110. The maximum absolute atomic E-state index is 13.3. The Hall–Kier alpha value is -3.58. The average Bonchev–Trinajstić information content (AvgIpc) is 2.76. The van der Waals surface area contributed by atoms with E-state index < -0.39 is 23.7 Å². The molecule has 0 heterocycles. The monoisotopic (exact) mass is 442 g/mol. The minimum absolute atomic E-state index is 0.0946. The van der Waals surface area contributed by atoms with Crippen LogP contribution in [0, 0.1) is 5.82 Å². The Morgan fingerprint density at radius 2 is 1.65 bits per heavy atom. The highest BCUT2D eigenvalue weighted by Gasteiger charge is 2.17. The summed E-state index contributed by atoms with van der Waals surface area (Å²) in [5, 5.41) is 5.26. The molecule has 0 radical (unpaired) electrons. The van der Waals surface area contributed by atoms with Crippen LogP contribution in [0.3, 0.4) is 0 Å². The van der Waals surface area contributed by atoms with E-state index >= 15 is 0 Å². The normalized spacial score (nSPS) is 11.4. The predicted octanol–water partition coefficient (Wildman–Crippen LogP) is 5.15. The van der Waals surface area contributed by atoms with E-state index in [-0.39, 0.29) is 5.02 Å². The van der Waals surface area contributed by atoms with Gasteiger partial charge in [-0.25, -0.2) is 4.39 Å². The van der Waals surface area contributed by atoms with Crippen molar-refractivity contribution in [1.29, 1.82) is 0 Å². The van der Waals surface area contributed by atoms with Gasteiger partial charge < -0.3 is 20.1 Å². The second-order valence-electron chi connectivity index (χ2n) is 6.56. The molecule has 2 amide bonds. The highest BCUT2D eigenvalue weighted by atomic mass is 35.5. The highest BCUT2D eigenvalue weighted by Crippen LogP contribution is 2.27. The molecule has 0 saturated carbocycles. The fourth-order valence-electron chi connectivity index (χ4n) is 2.72. The molecular formula is C23H20ClFN2O4. The highest BCUT2D eigenvalue weighted by molar-refractivity contribution is 6.31. The Morgan fingerprint density at radius 1 is 0.935 bits per heavy atom. The number of nitrogens with one attached hydrogen (secondary N) is 2. The van der Waals surface area contributed by atoms with Crippen LogP contribution in [0.15, 0.2) is 66.7 Å². The molecule has 0 saturated heterocycles. The van der Waals surface area contributed by atoms with Gasteiger partial charge in [0.05, 0.1) is 12.1 Å². The lowest BCUT2D eigenvalue weighted by atomic mass is 10.1. The van der Waals surface area contributed by atoms with E-state index in [4.69, 9.17) is 21.1 Å². The van der Waals surface area contributed by atoms with Crippen molar-refractivity contribution in [3.05, 3.63) is 83.1 Å². The van der Waals surface area contributed by atoms with Gasteiger partial charge >= 0.3 is 0 Å². The molecule has 3 rings (SSSR count). The summed E-state index contributed by atoms with van der Waals surface area (Å²) >= 11 is 5.74. The first-order chi connectivity index (χ1) is 14.9. The van der Waals surface area contributed by atoms with E-state index in [1.807, 2.05) is 0 Å². The maximum Gasteiger partial charge on any atom is 0.265 e. The van der Waals surface area contributed by atoms with Crippen molar-refractivity contribution >= 4 is 34.8 Å². The smallest absolute Gasteiger partial charge is 0.265 e. The van der Waals surface area contributed by atoms with Gasteiger partial charge in [0.2, 0.25) is 0 Å². The lowest BCUT2D eigenvalue weighted by Crippen LogP contribution is -2.30. The molecule has 0 aliphatic rings. The van der Waals surface area contributed by atoms with Crippen LogP contribution in [-0.2, 0) is 4.79 Å². The molecule has 0 fully saturated rings. The molecule has 0 bridgehead atoms. The second-order valence-corrected chi connectivity index (χ2v) is 6.97. The zero-order chi connectivity index (χ0) is 22.4. The number of amides is 2. The number of benzene rings is 3. The molecule has 31 heavy (non-hydrogen) atoms. The summed E-state index contributed by atoms with van der Waals surface area (Å²) in [5.41, 5.74) is 1.08. The molecule has 6 nitrogen and oxygen atoms in total. The zero-order valence-electron chi connectivity index (χ0n) is 16.8. The molecule has 3 aromatic rings. The fourth-order valence-corrected chi connectivity index (χ4v) is 2.90. The summed E-state index contributed by atoms with van der Waals surface area (Å²) in [6, 6.07) is 17.3. The van der Waals surface area contributed by atoms with Crippen LogP contribution in [0.4, 0.5) is 15.8 Å².